The van der Waals surface area contributed by atoms with Crippen molar-refractivity contribution in [2.24, 2.45) is 0 Å². The number of nitrogens with one attached hydrogen (secondary N) is 2. The lowest BCUT2D eigenvalue weighted by Crippen LogP contribution is -2.31. The molecule has 1 aliphatic rings. The number of hydrogen-bond acceptors (Lipinski definition) is 5. The van der Waals surface area contributed by atoms with Crippen molar-refractivity contribution in [1.29, 1.82) is 0 Å². The normalized spacial score (nSPS) is 15.3. The van der Waals surface area contributed by atoms with E-state index in [2.05, 4.69) is 10.6 Å². The van der Waals surface area contributed by atoms with Gasteiger partial charge in [0.05, 0.1) is 5.25 Å². The van der Waals surface area contributed by atoms with E-state index in [-0.39, 0.29) is 22.9 Å². The van der Waals surface area contributed by atoms with Gasteiger partial charge in [-0.1, -0.05) is 48.2 Å². The SMILES string of the molecule is CN(C(=O)Nc1ccc(O)cc1)c1cccc(-c2ccc(CC3SC(=O)NC3=O)cc2)c1. The van der Waals surface area contributed by atoms with E-state index in [1.807, 2.05) is 48.5 Å². The van der Waals surface area contributed by atoms with Gasteiger partial charge in [0.25, 0.3) is 5.24 Å². The van der Waals surface area contributed by atoms with Crippen LogP contribution in [0, 0.1) is 0 Å². The summed E-state index contributed by atoms with van der Waals surface area (Å²) < 4.78 is 0. The van der Waals surface area contributed by atoms with E-state index in [0.717, 1.165) is 34.1 Å². The number of rotatable bonds is 5. The quantitative estimate of drug-likeness (QED) is 0.496. The largest absolute Gasteiger partial charge is 0.508 e. The number of phenols is 1. The Bertz CT molecular complexity index is 1160. The van der Waals surface area contributed by atoms with E-state index in [0.29, 0.717) is 12.1 Å². The molecule has 4 rings (SSSR count). The summed E-state index contributed by atoms with van der Waals surface area (Å²) in [5.41, 5.74) is 4.20. The Kier molecular flexibility index (Phi) is 6.13. The predicted molar refractivity (Wildman–Crippen MR) is 126 cm³/mol. The first-order valence-electron chi connectivity index (χ1n) is 9.93. The lowest BCUT2D eigenvalue weighted by molar-refractivity contribution is -0.118. The fraction of sp³-hybridized carbons (Fsp3) is 0.125. The number of nitrogens with zero attached hydrogens (tertiary/aromatic N) is 1. The topological polar surface area (TPSA) is 98.7 Å². The van der Waals surface area contributed by atoms with Crippen molar-refractivity contribution in [3.05, 3.63) is 78.4 Å². The smallest absolute Gasteiger partial charge is 0.326 e. The first-order chi connectivity index (χ1) is 15.4. The van der Waals surface area contributed by atoms with Crippen LogP contribution in [0.4, 0.5) is 21.0 Å². The molecule has 4 amide bonds. The summed E-state index contributed by atoms with van der Waals surface area (Å²) in [6.07, 6.45) is 0.489. The summed E-state index contributed by atoms with van der Waals surface area (Å²) in [4.78, 5) is 37.2. The van der Waals surface area contributed by atoms with E-state index in [9.17, 15) is 19.5 Å². The van der Waals surface area contributed by atoms with Gasteiger partial charge in [-0.05, 0) is 59.5 Å². The number of benzene rings is 3. The van der Waals surface area contributed by atoms with E-state index < -0.39 is 5.25 Å². The van der Waals surface area contributed by atoms with Crippen LogP contribution in [-0.4, -0.2) is 34.6 Å². The molecule has 8 heteroatoms. The maximum Gasteiger partial charge on any atom is 0.326 e. The third-order valence-corrected chi connectivity index (χ3v) is 6.11. The lowest BCUT2D eigenvalue weighted by Gasteiger charge is -2.19. The monoisotopic (exact) mass is 447 g/mol. The molecule has 0 bridgehead atoms. The lowest BCUT2D eigenvalue weighted by atomic mass is 10.0. The van der Waals surface area contributed by atoms with Crippen molar-refractivity contribution in [1.82, 2.24) is 5.32 Å². The highest BCUT2D eigenvalue weighted by Gasteiger charge is 2.31. The summed E-state index contributed by atoms with van der Waals surface area (Å²) in [6, 6.07) is 21.4. The number of aromatic hydroxyl groups is 1. The van der Waals surface area contributed by atoms with Gasteiger partial charge in [-0.25, -0.2) is 4.79 Å². The Morgan fingerprint density at radius 3 is 2.41 bits per heavy atom. The van der Waals surface area contributed by atoms with Crippen LogP contribution >= 0.6 is 11.8 Å². The van der Waals surface area contributed by atoms with Crippen molar-refractivity contribution in [2.45, 2.75) is 11.7 Å². The molecular formula is C24H21N3O4S. The molecule has 1 saturated heterocycles. The van der Waals surface area contributed by atoms with Crippen LogP contribution in [0.15, 0.2) is 72.8 Å². The summed E-state index contributed by atoms with van der Waals surface area (Å²) in [6.45, 7) is 0. The highest BCUT2D eigenvalue weighted by atomic mass is 32.2. The fourth-order valence-electron chi connectivity index (χ4n) is 3.34. The van der Waals surface area contributed by atoms with Gasteiger partial charge in [0.15, 0.2) is 0 Å². The fourth-order valence-corrected chi connectivity index (χ4v) is 4.20. The van der Waals surface area contributed by atoms with Crippen molar-refractivity contribution in [3.8, 4) is 16.9 Å². The standard InChI is InChI=1S/C24H21N3O4S/c1-27(23(30)25-18-9-11-20(28)12-10-18)19-4-2-3-17(14-19)16-7-5-15(6-8-16)13-21-22(29)26-24(31)32-21/h2-12,14,21,28H,13H2,1H3,(H,25,30)(H,26,29,31). The van der Waals surface area contributed by atoms with Crippen LogP contribution in [0.2, 0.25) is 0 Å². The van der Waals surface area contributed by atoms with Crippen molar-refractivity contribution < 1.29 is 19.5 Å². The van der Waals surface area contributed by atoms with Crippen molar-refractivity contribution >= 4 is 40.3 Å². The number of phenolic OH excluding ortho intramolecular Hbond substituents is 1. The van der Waals surface area contributed by atoms with Crippen LogP contribution in [0.25, 0.3) is 11.1 Å². The Balaban J connectivity index is 1.45. The van der Waals surface area contributed by atoms with Gasteiger partial charge in [0.1, 0.15) is 5.75 Å². The molecular weight excluding hydrogens is 426 g/mol. The molecule has 1 aliphatic heterocycles. The third-order valence-electron chi connectivity index (χ3n) is 5.13. The van der Waals surface area contributed by atoms with E-state index >= 15 is 0 Å². The van der Waals surface area contributed by atoms with E-state index in [4.69, 9.17) is 0 Å². The maximum atomic E-state index is 12.6. The highest BCUT2D eigenvalue weighted by molar-refractivity contribution is 8.15. The second-order valence-electron chi connectivity index (χ2n) is 7.37. The molecule has 162 valence electrons. The first-order valence-corrected chi connectivity index (χ1v) is 10.8. The maximum absolute atomic E-state index is 12.6. The van der Waals surface area contributed by atoms with Crippen LogP contribution < -0.4 is 15.5 Å². The van der Waals surface area contributed by atoms with Gasteiger partial charge < -0.3 is 10.4 Å². The first kappa shape index (κ1) is 21.5. The molecule has 0 saturated carbocycles. The van der Waals surface area contributed by atoms with Crippen LogP contribution in [0.1, 0.15) is 5.56 Å². The summed E-state index contributed by atoms with van der Waals surface area (Å²) in [5, 5.41) is 13.8. The molecule has 3 aromatic carbocycles. The highest BCUT2D eigenvalue weighted by Crippen LogP contribution is 2.27. The Morgan fingerprint density at radius 2 is 1.75 bits per heavy atom. The van der Waals surface area contributed by atoms with Gasteiger partial charge in [-0.3, -0.25) is 19.8 Å². The Morgan fingerprint density at radius 1 is 1.03 bits per heavy atom. The average Bonchev–Trinajstić information content (AvgIpc) is 3.11. The molecule has 0 aromatic heterocycles. The van der Waals surface area contributed by atoms with Crippen LogP contribution in [0.5, 0.6) is 5.75 Å². The molecule has 0 aliphatic carbocycles. The van der Waals surface area contributed by atoms with Gasteiger partial charge >= 0.3 is 6.03 Å². The summed E-state index contributed by atoms with van der Waals surface area (Å²) in [5.74, 6) is -0.112. The molecule has 1 atom stereocenters. The van der Waals surface area contributed by atoms with Gasteiger partial charge in [0.2, 0.25) is 5.91 Å². The number of urea groups is 1. The predicted octanol–water partition coefficient (Wildman–Crippen LogP) is 4.62. The van der Waals surface area contributed by atoms with Crippen molar-refractivity contribution in [2.75, 3.05) is 17.3 Å². The van der Waals surface area contributed by atoms with Crippen LogP contribution in [-0.2, 0) is 11.2 Å². The molecule has 1 heterocycles. The summed E-state index contributed by atoms with van der Waals surface area (Å²) >= 11 is 1.02. The number of anilines is 2. The molecule has 3 aromatic rings. The second-order valence-corrected chi connectivity index (χ2v) is 8.55. The molecule has 0 radical (unpaired) electrons. The Labute approximate surface area is 189 Å². The number of amides is 4. The number of carbonyl (C=O) groups is 3. The second kappa shape index (κ2) is 9.15. The molecule has 1 unspecified atom stereocenters. The molecule has 7 nitrogen and oxygen atoms in total. The minimum Gasteiger partial charge on any atom is -0.508 e. The zero-order valence-electron chi connectivity index (χ0n) is 17.2. The van der Waals surface area contributed by atoms with Crippen molar-refractivity contribution in [3.63, 3.8) is 0 Å². The van der Waals surface area contributed by atoms with Gasteiger partial charge in [0, 0.05) is 18.4 Å². The Hall–Kier alpha value is -3.78. The number of imide groups is 1. The molecule has 3 N–H and O–H groups in total. The van der Waals surface area contributed by atoms with Crippen LogP contribution in [0.3, 0.4) is 0 Å². The molecule has 0 spiro atoms. The van der Waals surface area contributed by atoms with E-state index in [1.165, 1.54) is 17.0 Å². The van der Waals surface area contributed by atoms with E-state index in [1.54, 1.807) is 19.2 Å². The van der Waals surface area contributed by atoms with Gasteiger partial charge in [-0.2, -0.15) is 0 Å². The molecule has 1 fully saturated rings. The van der Waals surface area contributed by atoms with Gasteiger partial charge in [-0.15, -0.1) is 0 Å². The number of thioether (sulfide) groups is 1. The number of hydrogen-bond donors (Lipinski definition) is 3. The minimum atomic E-state index is -0.391. The number of carbonyl (C=O) groups excluding carboxylic acids is 3. The average molecular weight is 448 g/mol. The zero-order valence-corrected chi connectivity index (χ0v) is 18.1. The third kappa shape index (κ3) is 4.92. The molecule has 32 heavy (non-hydrogen) atoms. The summed E-state index contributed by atoms with van der Waals surface area (Å²) in [7, 11) is 1.68. The minimum absolute atomic E-state index is 0.133. The zero-order chi connectivity index (χ0) is 22.7.